The highest BCUT2D eigenvalue weighted by atomic mass is 32.2. The van der Waals surface area contributed by atoms with Gasteiger partial charge in [-0.1, -0.05) is 19.8 Å². The summed E-state index contributed by atoms with van der Waals surface area (Å²) in [5, 5.41) is 2.78. The largest absolute Gasteiger partial charge is 0.379 e. The van der Waals surface area contributed by atoms with Crippen LogP contribution in [0.25, 0.3) is 0 Å². The van der Waals surface area contributed by atoms with Gasteiger partial charge in [0.15, 0.2) is 0 Å². The molecule has 2 rings (SSSR count). The molecule has 0 aromatic carbocycles. The minimum Gasteiger partial charge on any atom is -0.379 e. The number of H-pyrrole nitrogens is 1. The normalized spacial score (nSPS) is 16.6. The van der Waals surface area contributed by atoms with Crippen LogP contribution in [0.15, 0.2) is 17.2 Å². The molecule has 124 valence electrons. The van der Waals surface area contributed by atoms with Gasteiger partial charge in [-0.3, -0.25) is 4.79 Å². The molecule has 0 aliphatic carbocycles. The number of hydrogen-bond donors (Lipinski definition) is 2. The summed E-state index contributed by atoms with van der Waals surface area (Å²) in [6.45, 7) is 4.16. The molecule has 2 N–H and O–H groups in total. The Hall–Kier alpha value is -1.38. The second kappa shape index (κ2) is 7.75. The fourth-order valence-electron chi connectivity index (χ4n) is 2.26. The Morgan fingerprint density at radius 1 is 1.36 bits per heavy atom. The predicted octanol–water partition coefficient (Wildman–Crippen LogP) is 0.956. The Labute approximate surface area is 131 Å². The molecule has 0 saturated carbocycles. The van der Waals surface area contributed by atoms with Gasteiger partial charge in [-0.25, -0.2) is 8.42 Å². The van der Waals surface area contributed by atoms with Gasteiger partial charge in [0.1, 0.15) is 10.6 Å². The van der Waals surface area contributed by atoms with Crippen LogP contribution in [-0.2, 0) is 14.8 Å². The monoisotopic (exact) mass is 329 g/mol. The molecule has 1 amide bonds. The molecular weight excluding hydrogens is 306 g/mol. The lowest BCUT2D eigenvalue weighted by Crippen LogP contribution is -2.40. The molecule has 1 saturated heterocycles. The van der Waals surface area contributed by atoms with Crippen molar-refractivity contribution in [1.29, 1.82) is 0 Å². The topological polar surface area (TPSA) is 91.5 Å². The number of morpholine rings is 1. The van der Waals surface area contributed by atoms with E-state index in [-0.39, 0.29) is 16.5 Å². The van der Waals surface area contributed by atoms with Gasteiger partial charge in [0, 0.05) is 25.8 Å². The molecular formula is C14H23N3O4S. The number of aromatic amines is 1. The molecule has 1 aliphatic heterocycles. The van der Waals surface area contributed by atoms with Crippen LogP contribution < -0.4 is 5.32 Å². The van der Waals surface area contributed by atoms with Crippen LogP contribution in [0.4, 0.5) is 0 Å². The Balaban J connectivity index is 1.99. The molecule has 0 unspecified atom stereocenters. The highest BCUT2D eigenvalue weighted by Crippen LogP contribution is 2.18. The van der Waals surface area contributed by atoms with E-state index in [0.29, 0.717) is 32.8 Å². The number of nitrogens with zero attached hydrogens (tertiary/aromatic N) is 1. The summed E-state index contributed by atoms with van der Waals surface area (Å²) in [5.74, 6) is -0.278. The number of carbonyl (C=O) groups excluding carboxylic acids is 1. The van der Waals surface area contributed by atoms with E-state index in [1.807, 2.05) is 0 Å². The minimum absolute atomic E-state index is 0.119. The first kappa shape index (κ1) is 17.0. The van der Waals surface area contributed by atoms with Crippen LogP contribution in [0.3, 0.4) is 0 Å². The number of sulfonamides is 1. The Bertz CT molecular complexity index is 591. The number of rotatable bonds is 7. The lowest BCUT2D eigenvalue weighted by Gasteiger charge is -2.25. The molecule has 7 nitrogen and oxygen atoms in total. The minimum atomic E-state index is -3.56. The van der Waals surface area contributed by atoms with Gasteiger partial charge in [-0.2, -0.15) is 4.31 Å². The predicted molar refractivity (Wildman–Crippen MR) is 82.2 cm³/mol. The van der Waals surface area contributed by atoms with Crippen LogP contribution in [0.1, 0.15) is 36.7 Å². The van der Waals surface area contributed by atoms with E-state index in [1.54, 1.807) is 0 Å². The van der Waals surface area contributed by atoms with Crippen molar-refractivity contribution < 1.29 is 17.9 Å². The first-order chi connectivity index (χ1) is 10.6. The summed E-state index contributed by atoms with van der Waals surface area (Å²) in [6.07, 6.45) is 4.43. The first-order valence-corrected chi connectivity index (χ1v) is 9.04. The zero-order chi connectivity index (χ0) is 16.0. The zero-order valence-electron chi connectivity index (χ0n) is 12.8. The third-order valence-corrected chi connectivity index (χ3v) is 5.45. The maximum atomic E-state index is 12.4. The zero-order valence-corrected chi connectivity index (χ0v) is 13.6. The molecule has 8 heteroatoms. The molecule has 0 bridgehead atoms. The molecule has 1 fully saturated rings. The summed E-state index contributed by atoms with van der Waals surface area (Å²) in [7, 11) is -3.56. The number of aromatic nitrogens is 1. The summed E-state index contributed by atoms with van der Waals surface area (Å²) in [5.41, 5.74) is 0.267. The highest BCUT2D eigenvalue weighted by molar-refractivity contribution is 7.89. The van der Waals surface area contributed by atoms with E-state index in [1.165, 1.54) is 16.6 Å². The van der Waals surface area contributed by atoms with Gasteiger partial charge in [0.25, 0.3) is 5.91 Å². The van der Waals surface area contributed by atoms with Crippen molar-refractivity contribution in [3.63, 3.8) is 0 Å². The number of hydrogen-bond acceptors (Lipinski definition) is 4. The van der Waals surface area contributed by atoms with E-state index in [2.05, 4.69) is 17.2 Å². The fraction of sp³-hybridized carbons (Fsp3) is 0.643. The van der Waals surface area contributed by atoms with Gasteiger partial charge >= 0.3 is 0 Å². The number of ether oxygens (including phenoxy) is 1. The van der Waals surface area contributed by atoms with Crippen LogP contribution in [0.5, 0.6) is 0 Å². The second-order valence-electron chi connectivity index (χ2n) is 5.23. The van der Waals surface area contributed by atoms with Crippen LogP contribution in [0, 0.1) is 0 Å². The summed E-state index contributed by atoms with van der Waals surface area (Å²) >= 11 is 0. The highest BCUT2D eigenvalue weighted by Gasteiger charge is 2.27. The number of unbranched alkanes of at least 4 members (excludes halogenated alkanes) is 2. The summed E-state index contributed by atoms with van der Waals surface area (Å²) < 4.78 is 31.4. The molecule has 0 spiro atoms. The van der Waals surface area contributed by atoms with Crippen molar-refractivity contribution in [3.8, 4) is 0 Å². The van der Waals surface area contributed by atoms with Crippen LogP contribution in [-0.4, -0.2) is 56.5 Å². The lowest BCUT2D eigenvalue weighted by molar-refractivity contribution is 0.0730. The van der Waals surface area contributed by atoms with E-state index in [9.17, 15) is 13.2 Å². The van der Waals surface area contributed by atoms with Gasteiger partial charge in [0.2, 0.25) is 10.0 Å². The molecule has 22 heavy (non-hydrogen) atoms. The SMILES string of the molecule is CCCCCNC(=O)c1cc(S(=O)(=O)N2CCOCC2)c[nH]1. The number of nitrogens with one attached hydrogen (secondary N) is 2. The van der Waals surface area contributed by atoms with Crippen molar-refractivity contribution in [2.75, 3.05) is 32.8 Å². The smallest absolute Gasteiger partial charge is 0.267 e. The van der Waals surface area contributed by atoms with E-state index >= 15 is 0 Å². The van der Waals surface area contributed by atoms with Crippen molar-refractivity contribution in [3.05, 3.63) is 18.0 Å². The Morgan fingerprint density at radius 2 is 2.09 bits per heavy atom. The van der Waals surface area contributed by atoms with Crippen LogP contribution >= 0.6 is 0 Å². The third-order valence-electron chi connectivity index (χ3n) is 3.57. The fourth-order valence-corrected chi connectivity index (χ4v) is 3.67. The van der Waals surface area contributed by atoms with E-state index in [0.717, 1.165) is 19.3 Å². The third kappa shape index (κ3) is 4.08. The molecule has 0 radical (unpaired) electrons. The van der Waals surface area contributed by atoms with Crippen LogP contribution in [0.2, 0.25) is 0 Å². The standard InChI is InChI=1S/C14H23N3O4S/c1-2-3-4-5-15-14(18)13-10-12(11-16-13)22(19,20)17-6-8-21-9-7-17/h10-11,16H,2-9H2,1H3,(H,15,18). The number of carbonyl (C=O) groups is 1. The van der Waals surface area contributed by atoms with Crippen molar-refractivity contribution >= 4 is 15.9 Å². The van der Waals surface area contributed by atoms with Crippen molar-refractivity contribution in [2.45, 2.75) is 31.1 Å². The van der Waals surface area contributed by atoms with Crippen molar-refractivity contribution in [1.82, 2.24) is 14.6 Å². The average molecular weight is 329 g/mol. The molecule has 1 aromatic rings. The molecule has 0 atom stereocenters. The number of amides is 1. The Morgan fingerprint density at radius 3 is 2.77 bits per heavy atom. The van der Waals surface area contributed by atoms with Gasteiger partial charge in [0.05, 0.1) is 13.2 Å². The molecule has 1 aromatic heterocycles. The molecule has 1 aliphatic rings. The summed E-state index contributed by atoms with van der Waals surface area (Å²) in [6, 6.07) is 1.39. The van der Waals surface area contributed by atoms with Gasteiger partial charge < -0.3 is 15.0 Å². The second-order valence-corrected chi connectivity index (χ2v) is 7.17. The lowest BCUT2D eigenvalue weighted by atomic mass is 10.2. The summed E-state index contributed by atoms with van der Waals surface area (Å²) in [4.78, 5) is 14.8. The first-order valence-electron chi connectivity index (χ1n) is 7.60. The average Bonchev–Trinajstić information content (AvgIpc) is 3.03. The van der Waals surface area contributed by atoms with Gasteiger partial charge in [-0.15, -0.1) is 0 Å². The Kier molecular flexibility index (Phi) is 5.98. The van der Waals surface area contributed by atoms with E-state index in [4.69, 9.17) is 4.74 Å². The maximum Gasteiger partial charge on any atom is 0.267 e. The maximum absolute atomic E-state index is 12.4. The van der Waals surface area contributed by atoms with Crippen molar-refractivity contribution in [2.24, 2.45) is 0 Å². The quantitative estimate of drug-likeness (QED) is 0.729. The van der Waals surface area contributed by atoms with Gasteiger partial charge in [-0.05, 0) is 12.5 Å². The molecule has 2 heterocycles. The van der Waals surface area contributed by atoms with E-state index < -0.39 is 10.0 Å².